The molecular formula is C11H16N2O3S. The summed E-state index contributed by atoms with van der Waals surface area (Å²) in [6.07, 6.45) is -0.495. The first-order valence-electron chi connectivity index (χ1n) is 5.42. The third kappa shape index (κ3) is 2.43. The quantitative estimate of drug-likeness (QED) is 0.809. The van der Waals surface area contributed by atoms with E-state index >= 15 is 0 Å². The molecule has 1 aromatic rings. The van der Waals surface area contributed by atoms with Crippen molar-refractivity contribution in [2.24, 2.45) is 0 Å². The molecule has 0 aliphatic carbocycles. The Morgan fingerprint density at radius 1 is 1.65 bits per heavy atom. The number of rotatable bonds is 3. The lowest BCUT2D eigenvalue weighted by Gasteiger charge is -2.25. The van der Waals surface area contributed by atoms with E-state index in [9.17, 15) is 9.90 Å². The second kappa shape index (κ2) is 5.03. The van der Waals surface area contributed by atoms with Crippen LogP contribution in [0.15, 0.2) is 11.4 Å². The predicted molar refractivity (Wildman–Crippen MR) is 65.6 cm³/mol. The van der Waals surface area contributed by atoms with Crippen molar-refractivity contribution in [2.45, 2.75) is 12.1 Å². The minimum atomic E-state index is -0.495. The Kier molecular flexibility index (Phi) is 3.66. The van der Waals surface area contributed by atoms with Crippen LogP contribution in [0.3, 0.4) is 0 Å². The second-order valence-electron chi connectivity index (χ2n) is 4.06. The van der Waals surface area contributed by atoms with Crippen LogP contribution in [0, 0.1) is 0 Å². The molecule has 6 heteroatoms. The number of aliphatic hydroxyl groups excluding tert-OH is 1. The van der Waals surface area contributed by atoms with E-state index in [0.29, 0.717) is 23.7 Å². The maximum atomic E-state index is 12.1. The molecule has 1 aromatic heterocycles. The van der Waals surface area contributed by atoms with Gasteiger partial charge in [0.2, 0.25) is 0 Å². The normalized spacial score (nSPS) is 23.7. The van der Waals surface area contributed by atoms with Crippen molar-refractivity contribution in [2.75, 3.05) is 27.2 Å². The van der Waals surface area contributed by atoms with Crippen molar-refractivity contribution >= 4 is 17.2 Å². The Hall–Kier alpha value is -1.11. The Morgan fingerprint density at radius 2 is 2.41 bits per heavy atom. The standard InChI is InChI=1S/C11H16N2O3S/c1-13(8-4-12-5-9(8)14)11(15)10-3-7(16-2)6-17-10/h3,6,8-9,12,14H,4-5H2,1-2H3/t8-,9-/m0/s1. The minimum Gasteiger partial charge on any atom is -0.496 e. The van der Waals surface area contributed by atoms with Gasteiger partial charge in [0.05, 0.1) is 24.1 Å². The zero-order chi connectivity index (χ0) is 12.4. The maximum absolute atomic E-state index is 12.1. The summed E-state index contributed by atoms with van der Waals surface area (Å²) in [6.45, 7) is 1.17. The van der Waals surface area contributed by atoms with Gasteiger partial charge in [-0.15, -0.1) is 11.3 Å². The number of methoxy groups -OCH3 is 1. The van der Waals surface area contributed by atoms with Crippen LogP contribution in [0.25, 0.3) is 0 Å². The second-order valence-corrected chi connectivity index (χ2v) is 4.97. The molecule has 2 heterocycles. The van der Waals surface area contributed by atoms with Crippen molar-refractivity contribution in [3.63, 3.8) is 0 Å². The largest absolute Gasteiger partial charge is 0.496 e. The van der Waals surface area contributed by atoms with E-state index in [4.69, 9.17) is 4.74 Å². The fourth-order valence-corrected chi connectivity index (χ4v) is 2.75. The number of ether oxygens (including phenoxy) is 1. The first kappa shape index (κ1) is 12.3. The summed E-state index contributed by atoms with van der Waals surface area (Å²) in [5.74, 6) is 0.614. The van der Waals surface area contributed by atoms with Gasteiger partial charge in [0.1, 0.15) is 5.75 Å². The van der Waals surface area contributed by atoms with Crippen LogP contribution in [0.1, 0.15) is 9.67 Å². The van der Waals surface area contributed by atoms with Gasteiger partial charge < -0.3 is 20.1 Å². The molecule has 0 spiro atoms. The number of amides is 1. The van der Waals surface area contributed by atoms with Gasteiger partial charge in [0, 0.05) is 31.6 Å². The molecule has 1 amide bonds. The van der Waals surface area contributed by atoms with Crippen molar-refractivity contribution in [1.82, 2.24) is 10.2 Å². The molecule has 5 nitrogen and oxygen atoms in total. The van der Waals surface area contributed by atoms with Crippen molar-refractivity contribution < 1.29 is 14.6 Å². The van der Waals surface area contributed by atoms with Gasteiger partial charge in [0.15, 0.2) is 0 Å². The number of thiophene rings is 1. The average molecular weight is 256 g/mol. The first-order chi connectivity index (χ1) is 8.13. The summed E-state index contributed by atoms with van der Waals surface area (Å²) < 4.78 is 5.05. The monoisotopic (exact) mass is 256 g/mol. The highest BCUT2D eigenvalue weighted by Gasteiger charge is 2.31. The number of likely N-dealkylation sites (N-methyl/N-ethyl adjacent to an activating group) is 1. The molecule has 17 heavy (non-hydrogen) atoms. The molecule has 1 aliphatic heterocycles. The number of nitrogens with zero attached hydrogens (tertiary/aromatic N) is 1. The van der Waals surface area contributed by atoms with Crippen molar-refractivity contribution in [1.29, 1.82) is 0 Å². The number of carbonyl (C=O) groups is 1. The first-order valence-corrected chi connectivity index (χ1v) is 6.30. The fraction of sp³-hybridized carbons (Fsp3) is 0.545. The molecule has 2 N–H and O–H groups in total. The molecule has 2 rings (SSSR count). The van der Waals surface area contributed by atoms with E-state index in [-0.39, 0.29) is 11.9 Å². The van der Waals surface area contributed by atoms with E-state index in [1.54, 1.807) is 30.5 Å². The third-order valence-corrected chi connectivity index (χ3v) is 3.89. The highest BCUT2D eigenvalue weighted by Crippen LogP contribution is 2.23. The molecule has 0 radical (unpaired) electrons. The molecule has 0 bridgehead atoms. The van der Waals surface area contributed by atoms with Gasteiger partial charge in [-0.3, -0.25) is 4.79 Å². The van der Waals surface area contributed by atoms with E-state index < -0.39 is 6.10 Å². The van der Waals surface area contributed by atoms with Gasteiger partial charge in [-0.05, 0) is 0 Å². The van der Waals surface area contributed by atoms with E-state index in [2.05, 4.69) is 5.32 Å². The SMILES string of the molecule is COc1csc(C(=O)N(C)[C@H]2CNC[C@@H]2O)c1. The molecule has 94 valence electrons. The van der Waals surface area contributed by atoms with E-state index in [1.165, 1.54) is 11.3 Å². The zero-order valence-electron chi connectivity index (χ0n) is 9.84. The molecule has 1 aliphatic rings. The number of nitrogens with one attached hydrogen (secondary N) is 1. The topological polar surface area (TPSA) is 61.8 Å². The Balaban J connectivity index is 2.08. The number of aliphatic hydroxyl groups is 1. The van der Waals surface area contributed by atoms with Gasteiger partial charge in [-0.2, -0.15) is 0 Å². The summed E-state index contributed by atoms with van der Waals surface area (Å²) in [5, 5.41) is 14.6. The van der Waals surface area contributed by atoms with Crippen LogP contribution in [-0.4, -0.2) is 55.3 Å². The predicted octanol–water partition coefficient (Wildman–Crippen LogP) is 0.161. The van der Waals surface area contributed by atoms with Gasteiger partial charge in [-0.1, -0.05) is 0 Å². The Morgan fingerprint density at radius 3 is 2.94 bits per heavy atom. The average Bonchev–Trinajstić information content (AvgIpc) is 2.95. The number of β-amino-alcohol motifs (C(OH)–C–C–N with tert-alkyl or cyclic N) is 1. The number of hydrogen-bond acceptors (Lipinski definition) is 5. The van der Waals surface area contributed by atoms with Crippen LogP contribution in [-0.2, 0) is 0 Å². The lowest BCUT2D eigenvalue weighted by molar-refractivity contribution is 0.0585. The summed E-state index contributed by atoms with van der Waals surface area (Å²) in [5.41, 5.74) is 0. The highest BCUT2D eigenvalue weighted by molar-refractivity contribution is 7.12. The molecule has 1 fully saturated rings. The van der Waals surface area contributed by atoms with Crippen molar-refractivity contribution in [3.8, 4) is 5.75 Å². The van der Waals surface area contributed by atoms with E-state index in [1.807, 2.05) is 0 Å². The highest BCUT2D eigenvalue weighted by atomic mass is 32.1. The van der Waals surface area contributed by atoms with Crippen LogP contribution in [0.4, 0.5) is 0 Å². The lowest BCUT2D eigenvalue weighted by Crippen LogP contribution is -2.44. The number of hydrogen-bond donors (Lipinski definition) is 2. The fourth-order valence-electron chi connectivity index (χ4n) is 1.91. The summed E-state index contributed by atoms with van der Waals surface area (Å²) >= 11 is 1.35. The van der Waals surface area contributed by atoms with Crippen LogP contribution < -0.4 is 10.1 Å². The van der Waals surface area contributed by atoms with Crippen molar-refractivity contribution in [3.05, 3.63) is 16.3 Å². The van der Waals surface area contributed by atoms with Crippen LogP contribution in [0.2, 0.25) is 0 Å². The molecule has 0 saturated carbocycles. The van der Waals surface area contributed by atoms with Gasteiger partial charge >= 0.3 is 0 Å². The van der Waals surface area contributed by atoms with Crippen LogP contribution in [0.5, 0.6) is 5.75 Å². The Bertz CT molecular complexity index is 407. The molecular weight excluding hydrogens is 240 g/mol. The molecule has 1 saturated heterocycles. The maximum Gasteiger partial charge on any atom is 0.264 e. The smallest absolute Gasteiger partial charge is 0.264 e. The van der Waals surface area contributed by atoms with Gasteiger partial charge in [-0.25, -0.2) is 0 Å². The Labute approximate surface area is 104 Å². The molecule has 0 unspecified atom stereocenters. The molecule has 0 aromatic carbocycles. The minimum absolute atomic E-state index is 0.0777. The third-order valence-electron chi connectivity index (χ3n) is 2.99. The number of carbonyl (C=O) groups excluding carboxylic acids is 1. The summed E-state index contributed by atoms with van der Waals surface area (Å²) in [7, 11) is 3.29. The zero-order valence-corrected chi connectivity index (χ0v) is 10.7. The van der Waals surface area contributed by atoms with Gasteiger partial charge in [0.25, 0.3) is 5.91 Å². The lowest BCUT2D eigenvalue weighted by atomic mass is 10.2. The summed E-state index contributed by atoms with van der Waals surface area (Å²) in [4.78, 5) is 14.4. The summed E-state index contributed by atoms with van der Waals surface area (Å²) in [6, 6.07) is 1.56. The van der Waals surface area contributed by atoms with E-state index in [0.717, 1.165) is 0 Å². The van der Waals surface area contributed by atoms with Crippen LogP contribution >= 0.6 is 11.3 Å². The molecule has 2 atom stereocenters.